The fourth-order valence-electron chi connectivity index (χ4n) is 0.967. The van der Waals surface area contributed by atoms with Crippen molar-refractivity contribution in [1.29, 1.82) is 0 Å². The topological polar surface area (TPSA) is 48.0 Å². The highest BCUT2D eigenvalue weighted by molar-refractivity contribution is 5.29. The van der Waals surface area contributed by atoms with Gasteiger partial charge in [-0.25, -0.2) is 9.18 Å². The molecule has 0 atom stereocenters. The van der Waals surface area contributed by atoms with E-state index in [1.807, 2.05) is 0 Å². The molecule has 0 spiro atoms. The molecule has 0 radical (unpaired) electrons. The van der Waals surface area contributed by atoms with Crippen LogP contribution >= 0.6 is 0 Å². The van der Waals surface area contributed by atoms with Gasteiger partial charge in [-0.3, -0.25) is 0 Å². The summed E-state index contributed by atoms with van der Waals surface area (Å²) in [5.41, 5.74) is 0.472. The number of hydrogen-bond acceptors (Lipinski definition) is 3. The largest absolute Gasteiger partial charge is 0.441 e. The molecule has 0 aliphatic rings. The SMILES string of the molecule is O=c1ocnn1-c1ccc(F)cc1. The summed E-state index contributed by atoms with van der Waals surface area (Å²) in [5, 5.41) is 3.63. The molecule has 0 saturated carbocycles. The molecule has 0 unspecified atom stereocenters. The third-order valence-corrected chi connectivity index (χ3v) is 1.56. The second kappa shape index (κ2) is 2.85. The number of aromatic nitrogens is 2. The zero-order valence-electron chi connectivity index (χ0n) is 6.48. The summed E-state index contributed by atoms with van der Waals surface area (Å²) >= 11 is 0. The number of halogens is 1. The van der Waals surface area contributed by atoms with E-state index < -0.39 is 5.76 Å². The van der Waals surface area contributed by atoms with Crippen molar-refractivity contribution in [3.05, 3.63) is 47.0 Å². The molecular formula is C8H5FN2O2. The Morgan fingerprint density at radius 3 is 2.54 bits per heavy atom. The molecule has 0 bridgehead atoms. The molecule has 0 amide bonds. The molecule has 2 rings (SSSR count). The first kappa shape index (κ1) is 7.72. The lowest BCUT2D eigenvalue weighted by molar-refractivity contribution is 0.503. The molecule has 4 nitrogen and oxygen atoms in total. The number of hydrogen-bond donors (Lipinski definition) is 0. The van der Waals surface area contributed by atoms with Gasteiger partial charge in [0.25, 0.3) is 0 Å². The van der Waals surface area contributed by atoms with Gasteiger partial charge in [0, 0.05) is 0 Å². The first-order valence-electron chi connectivity index (χ1n) is 3.56. The molecule has 0 aliphatic carbocycles. The van der Waals surface area contributed by atoms with Crippen LogP contribution in [0.25, 0.3) is 5.69 Å². The molecule has 0 N–H and O–H groups in total. The molecule has 13 heavy (non-hydrogen) atoms. The Balaban J connectivity index is 2.54. The molecular weight excluding hydrogens is 175 g/mol. The Morgan fingerprint density at radius 2 is 2.00 bits per heavy atom. The van der Waals surface area contributed by atoms with Crippen LogP contribution in [-0.2, 0) is 0 Å². The fourth-order valence-corrected chi connectivity index (χ4v) is 0.967. The monoisotopic (exact) mass is 180 g/mol. The van der Waals surface area contributed by atoms with Crippen molar-refractivity contribution >= 4 is 0 Å². The van der Waals surface area contributed by atoms with Crippen LogP contribution in [0, 0.1) is 5.82 Å². The second-order valence-corrected chi connectivity index (χ2v) is 2.39. The van der Waals surface area contributed by atoms with E-state index in [2.05, 4.69) is 9.52 Å². The van der Waals surface area contributed by atoms with Gasteiger partial charge in [0.1, 0.15) is 5.82 Å². The van der Waals surface area contributed by atoms with Crippen molar-refractivity contribution in [3.8, 4) is 5.69 Å². The van der Waals surface area contributed by atoms with Gasteiger partial charge in [0.2, 0.25) is 6.39 Å². The molecule has 66 valence electrons. The highest BCUT2D eigenvalue weighted by Crippen LogP contribution is 2.04. The summed E-state index contributed by atoms with van der Waals surface area (Å²) in [7, 11) is 0. The number of rotatable bonds is 1. The van der Waals surface area contributed by atoms with Crippen molar-refractivity contribution in [2.75, 3.05) is 0 Å². The van der Waals surface area contributed by atoms with E-state index in [1.54, 1.807) is 0 Å². The number of nitrogens with zero attached hydrogens (tertiary/aromatic N) is 2. The van der Waals surface area contributed by atoms with Crippen LogP contribution in [0.15, 0.2) is 39.9 Å². The van der Waals surface area contributed by atoms with E-state index in [0.717, 1.165) is 11.1 Å². The first-order chi connectivity index (χ1) is 6.27. The predicted molar refractivity (Wildman–Crippen MR) is 42.1 cm³/mol. The lowest BCUT2D eigenvalue weighted by Crippen LogP contribution is -2.13. The summed E-state index contributed by atoms with van der Waals surface area (Å²) in [4.78, 5) is 10.9. The lowest BCUT2D eigenvalue weighted by Gasteiger charge is -1.95. The van der Waals surface area contributed by atoms with Crippen LogP contribution in [0.3, 0.4) is 0 Å². The van der Waals surface area contributed by atoms with E-state index in [4.69, 9.17) is 0 Å². The Kier molecular flexibility index (Phi) is 1.70. The van der Waals surface area contributed by atoms with Gasteiger partial charge in [-0.15, -0.1) is 5.10 Å². The normalized spacial score (nSPS) is 10.2. The zero-order valence-corrected chi connectivity index (χ0v) is 6.48. The average Bonchev–Trinajstić information content (AvgIpc) is 2.53. The third-order valence-electron chi connectivity index (χ3n) is 1.56. The van der Waals surface area contributed by atoms with Crippen molar-refractivity contribution in [1.82, 2.24) is 9.78 Å². The molecule has 0 aliphatic heterocycles. The Morgan fingerprint density at radius 1 is 1.31 bits per heavy atom. The summed E-state index contributed by atoms with van der Waals surface area (Å²) in [6, 6.07) is 5.38. The van der Waals surface area contributed by atoms with Crippen molar-refractivity contribution in [2.24, 2.45) is 0 Å². The van der Waals surface area contributed by atoms with Gasteiger partial charge >= 0.3 is 5.76 Å². The van der Waals surface area contributed by atoms with Crippen LogP contribution < -0.4 is 5.76 Å². The fraction of sp³-hybridized carbons (Fsp3) is 0. The van der Waals surface area contributed by atoms with E-state index in [9.17, 15) is 9.18 Å². The van der Waals surface area contributed by atoms with Gasteiger partial charge in [-0.2, -0.15) is 4.68 Å². The molecule has 1 aromatic carbocycles. The second-order valence-electron chi connectivity index (χ2n) is 2.39. The maximum absolute atomic E-state index is 12.5. The molecule has 5 heteroatoms. The molecule has 1 aromatic heterocycles. The van der Waals surface area contributed by atoms with E-state index in [1.165, 1.54) is 24.3 Å². The van der Waals surface area contributed by atoms with Crippen LogP contribution in [0.5, 0.6) is 0 Å². The van der Waals surface area contributed by atoms with Crippen LogP contribution in [0.1, 0.15) is 0 Å². The minimum Gasteiger partial charge on any atom is -0.395 e. The standard InChI is InChI=1S/C8H5FN2O2/c9-6-1-3-7(4-2-6)11-8(12)13-5-10-11/h1-5H. The quantitative estimate of drug-likeness (QED) is 0.656. The predicted octanol–water partition coefficient (Wildman–Crippen LogP) is 0.965. The van der Waals surface area contributed by atoms with Crippen molar-refractivity contribution in [2.45, 2.75) is 0 Å². The van der Waals surface area contributed by atoms with Gasteiger partial charge in [0.05, 0.1) is 5.69 Å². The van der Waals surface area contributed by atoms with Crippen LogP contribution in [-0.4, -0.2) is 9.78 Å². The molecule has 0 saturated heterocycles. The maximum Gasteiger partial charge on any atom is 0.441 e. The summed E-state index contributed by atoms with van der Waals surface area (Å²) in [6.07, 6.45) is 1.03. The number of benzene rings is 1. The third kappa shape index (κ3) is 1.35. The van der Waals surface area contributed by atoms with E-state index in [-0.39, 0.29) is 5.82 Å². The lowest BCUT2D eigenvalue weighted by atomic mass is 10.3. The Hall–Kier alpha value is -1.91. The van der Waals surface area contributed by atoms with Gasteiger partial charge in [0.15, 0.2) is 0 Å². The zero-order chi connectivity index (χ0) is 9.26. The van der Waals surface area contributed by atoms with Crippen LogP contribution in [0.4, 0.5) is 4.39 Å². The maximum atomic E-state index is 12.5. The van der Waals surface area contributed by atoms with Crippen LogP contribution in [0.2, 0.25) is 0 Å². The van der Waals surface area contributed by atoms with Gasteiger partial charge in [-0.05, 0) is 24.3 Å². The van der Waals surface area contributed by atoms with Gasteiger partial charge < -0.3 is 4.42 Å². The highest BCUT2D eigenvalue weighted by atomic mass is 19.1. The van der Waals surface area contributed by atoms with E-state index >= 15 is 0 Å². The first-order valence-corrected chi connectivity index (χ1v) is 3.56. The highest BCUT2D eigenvalue weighted by Gasteiger charge is 2.02. The van der Waals surface area contributed by atoms with Gasteiger partial charge in [-0.1, -0.05) is 0 Å². The molecule has 2 aromatic rings. The summed E-state index contributed by atoms with van der Waals surface area (Å²) in [5.74, 6) is -0.952. The Labute approximate surface area is 72.2 Å². The summed E-state index contributed by atoms with van der Waals surface area (Å²) in [6.45, 7) is 0. The minimum absolute atomic E-state index is 0.361. The summed E-state index contributed by atoms with van der Waals surface area (Å²) < 4.78 is 18.0. The minimum atomic E-state index is -0.591. The van der Waals surface area contributed by atoms with Crippen molar-refractivity contribution < 1.29 is 8.81 Å². The van der Waals surface area contributed by atoms with Crippen molar-refractivity contribution in [3.63, 3.8) is 0 Å². The average molecular weight is 180 g/mol. The Bertz CT molecular complexity index is 457. The molecule has 1 heterocycles. The van der Waals surface area contributed by atoms with E-state index in [0.29, 0.717) is 5.69 Å². The molecule has 0 fully saturated rings. The smallest absolute Gasteiger partial charge is 0.395 e.